The molecule has 138 valence electrons. The molecule has 2 aromatic carbocycles. The van der Waals surface area contributed by atoms with Crippen LogP contribution in [0.15, 0.2) is 40.3 Å². The molecule has 0 saturated heterocycles. The number of aryl methyl sites for hydroxylation is 1. The van der Waals surface area contributed by atoms with Gasteiger partial charge in [-0.05, 0) is 54.7 Å². The van der Waals surface area contributed by atoms with Crippen molar-refractivity contribution >= 4 is 34.5 Å². The van der Waals surface area contributed by atoms with Crippen molar-refractivity contribution in [1.29, 1.82) is 0 Å². The molecular formula is C18H16N4O4S. The molecule has 4 rings (SSSR count). The molecule has 2 aliphatic rings. The van der Waals surface area contributed by atoms with Crippen molar-refractivity contribution in [2.45, 2.75) is 30.6 Å². The highest BCUT2D eigenvalue weighted by molar-refractivity contribution is 7.99. The minimum atomic E-state index is -0.654. The fourth-order valence-electron chi connectivity index (χ4n) is 3.73. The van der Waals surface area contributed by atoms with Gasteiger partial charge < -0.3 is 0 Å². The first-order valence-corrected chi connectivity index (χ1v) is 9.46. The molecule has 1 unspecified atom stereocenters. The molecule has 9 heteroatoms. The van der Waals surface area contributed by atoms with Crippen LogP contribution in [0.3, 0.4) is 0 Å². The molecule has 1 atom stereocenters. The summed E-state index contributed by atoms with van der Waals surface area (Å²) in [5.74, 6) is 1.51. The molecule has 0 spiro atoms. The lowest BCUT2D eigenvalue weighted by Gasteiger charge is -2.20. The van der Waals surface area contributed by atoms with Crippen molar-refractivity contribution in [2.24, 2.45) is 5.10 Å². The minimum Gasteiger partial charge on any atom is -0.271 e. The first-order chi connectivity index (χ1) is 13.0. The van der Waals surface area contributed by atoms with Gasteiger partial charge >= 0.3 is 5.69 Å². The van der Waals surface area contributed by atoms with E-state index in [0.717, 1.165) is 41.5 Å². The second kappa shape index (κ2) is 6.66. The third kappa shape index (κ3) is 3.03. The van der Waals surface area contributed by atoms with Crippen molar-refractivity contribution in [1.82, 2.24) is 0 Å². The largest absolute Gasteiger partial charge is 0.301 e. The Bertz CT molecular complexity index is 1010. The van der Waals surface area contributed by atoms with Crippen molar-refractivity contribution in [3.05, 3.63) is 67.3 Å². The maximum absolute atomic E-state index is 11.3. The van der Waals surface area contributed by atoms with Crippen molar-refractivity contribution in [2.75, 3.05) is 11.2 Å². The molecule has 0 bridgehead atoms. The number of nitrogens with one attached hydrogen (secondary N) is 1. The monoisotopic (exact) mass is 384 g/mol. The SMILES string of the molecule is Cc1ccc2c3c1/C(=N/Nc1ccc([N+](=O)[O-])cc1[N+](=O)[O-])CC3CCS2. The average molecular weight is 384 g/mol. The molecule has 0 aromatic heterocycles. The Balaban J connectivity index is 1.71. The number of hydrogen-bond donors (Lipinski definition) is 1. The Morgan fingerprint density at radius 1 is 1.19 bits per heavy atom. The van der Waals surface area contributed by atoms with E-state index >= 15 is 0 Å². The highest BCUT2D eigenvalue weighted by atomic mass is 32.2. The molecule has 0 fully saturated rings. The van der Waals surface area contributed by atoms with E-state index in [4.69, 9.17) is 0 Å². The van der Waals surface area contributed by atoms with Gasteiger partial charge in [-0.1, -0.05) is 6.07 Å². The van der Waals surface area contributed by atoms with Gasteiger partial charge in [0.2, 0.25) is 0 Å². The summed E-state index contributed by atoms with van der Waals surface area (Å²) in [7, 11) is 0. The molecule has 8 nitrogen and oxygen atoms in total. The fourth-order valence-corrected chi connectivity index (χ4v) is 4.94. The quantitative estimate of drug-likeness (QED) is 0.609. The first-order valence-electron chi connectivity index (χ1n) is 8.47. The van der Waals surface area contributed by atoms with E-state index in [-0.39, 0.29) is 17.1 Å². The number of hydrazone groups is 1. The Morgan fingerprint density at radius 3 is 2.74 bits per heavy atom. The zero-order valence-corrected chi connectivity index (χ0v) is 15.3. The topological polar surface area (TPSA) is 111 Å². The highest BCUT2D eigenvalue weighted by Crippen LogP contribution is 2.47. The van der Waals surface area contributed by atoms with E-state index < -0.39 is 9.85 Å². The van der Waals surface area contributed by atoms with Gasteiger partial charge in [-0.2, -0.15) is 5.10 Å². The lowest BCUT2D eigenvalue weighted by Crippen LogP contribution is -2.04. The number of non-ortho nitro benzene ring substituents is 1. The predicted octanol–water partition coefficient (Wildman–Crippen LogP) is 4.61. The summed E-state index contributed by atoms with van der Waals surface area (Å²) in [6, 6.07) is 7.74. The second-order valence-corrected chi connectivity index (χ2v) is 7.73. The number of benzene rings is 2. The molecule has 1 aliphatic carbocycles. The highest BCUT2D eigenvalue weighted by Gasteiger charge is 2.34. The second-order valence-electron chi connectivity index (χ2n) is 6.59. The Labute approximate surface area is 159 Å². The Morgan fingerprint density at radius 2 is 2.00 bits per heavy atom. The van der Waals surface area contributed by atoms with Crippen LogP contribution in [0.2, 0.25) is 0 Å². The summed E-state index contributed by atoms with van der Waals surface area (Å²) in [4.78, 5) is 22.1. The molecule has 1 aliphatic heterocycles. The summed E-state index contributed by atoms with van der Waals surface area (Å²) < 4.78 is 0. The number of nitro groups is 2. The Hall–Kier alpha value is -2.94. The number of rotatable bonds is 4. The van der Waals surface area contributed by atoms with Crippen LogP contribution in [-0.4, -0.2) is 21.3 Å². The van der Waals surface area contributed by atoms with E-state index in [2.05, 4.69) is 22.7 Å². The van der Waals surface area contributed by atoms with Gasteiger partial charge in [0.15, 0.2) is 0 Å². The van der Waals surface area contributed by atoms with E-state index in [1.54, 1.807) is 0 Å². The maximum Gasteiger partial charge on any atom is 0.301 e. The molecule has 0 radical (unpaired) electrons. The third-order valence-electron chi connectivity index (χ3n) is 4.97. The number of nitrogens with zero attached hydrogens (tertiary/aromatic N) is 3. The van der Waals surface area contributed by atoms with Crippen LogP contribution in [-0.2, 0) is 0 Å². The predicted molar refractivity (Wildman–Crippen MR) is 104 cm³/mol. The van der Waals surface area contributed by atoms with Crippen molar-refractivity contribution in [3.8, 4) is 0 Å². The summed E-state index contributed by atoms with van der Waals surface area (Å²) >= 11 is 1.85. The van der Waals surface area contributed by atoms with Gasteiger partial charge in [0.25, 0.3) is 5.69 Å². The van der Waals surface area contributed by atoms with Crippen LogP contribution in [0.1, 0.15) is 35.4 Å². The van der Waals surface area contributed by atoms with Crippen molar-refractivity contribution in [3.63, 3.8) is 0 Å². The first kappa shape index (κ1) is 17.5. The van der Waals surface area contributed by atoms with E-state index in [1.807, 2.05) is 18.7 Å². The van der Waals surface area contributed by atoms with Crippen LogP contribution in [0.25, 0.3) is 0 Å². The molecule has 1 heterocycles. The normalized spacial score (nSPS) is 19.0. The van der Waals surface area contributed by atoms with Crippen LogP contribution in [0.5, 0.6) is 0 Å². The Kier molecular flexibility index (Phi) is 4.31. The zero-order chi connectivity index (χ0) is 19.1. The molecule has 1 N–H and O–H groups in total. The lowest BCUT2D eigenvalue weighted by molar-refractivity contribution is -0.393. The molecule has 0 amide bonds. The van der Waals surface area contributed by atoms with Gasteiger partial charge in [-0.3, -0.25) is 25.7 Å². The summed E-state index contributed by atoms with van der Waals surface area (Å²) in [5, 5.41) is 26.6. The molecular weight excluding hydrogens is 368 g/mol. The van der Waals surface area contributed by atoms with Crippen molar-refractivity contribution < 1.29 is 9.85 Å². The average Bonchev–Trinajstić information content (AvgIpc) is 3.03. The summed E-state index contributed by atoms with van der Waals surface area (Å²) in [5.41, 5.74) is 6.70. The number of hydrogen-bond acceptors (Lipinski definition) is 7. The zero-order valence-electron chi connectivity index (χ0n) is 14.5. The van der Waals surface area contributed by atoms with E-state index in [9.17, 15) is 20.2 Å². The number of thioether (sulfide) groups is 1. The minimum absolute atomic E-state index is 0.140. The fraction of sp³-hybridized carbons (Fsp3) is 0.278. The van der Waals surface area contributed by atoms with Gasteiger partial charge in [0, 0.05) is 16.5 Å². The molecule has 2 aromatic rings. The van der Waals surface area contributed by atoms with E-state index in [0.29, 0.717) is 5.92 Å². The van der Waals surface area contributed by atoms with Gasteiger partial charge in [-0.15, -0.1) is 11.8 Å². The van der Waals surface area contributed by atoms with Gasteiger partial charge in [0.1, 0.15) is 5.69 Å². The van der Waals surface area contributed by atoms with Crippen LogP contribution >= 0.6 is 11.8 Å². The molecule has 0 saturated carbocycles. The van der Waals surface area contributed by atoms with E-state index in [1.165, 1.54) is 22.6 Å². The molecule has 27 heavy (non-hydrogen) atoms. The number of nitro benzene ring substituents is 2. The standard InChI is InChI=1S/C18H16N4O4S/c1-10-2-5-16-18-11(6-7-27-16)8-14(17(10)18)20-19-13-4-3-12(21(23)24)9-15(13)22(25)26/h2-5,9,11,19H,6-8H2,1H3/b20-14+. The summed E-state index contributed by atoms with van der Waals surface area (Å²) in [6.07, 6.45) is 1.88. The van der Waals surface area contributed by atoms with Crippen LogP contribution < -0.4 is 5.43 Å². The van der Waals surface area contributed by atoms with Crippen LogP contribution in [0.4, 0.5) is 17.1 Å². The van der Waals surface area contributed by atoms with Gasteiger partial charge in [-0.25, -0.2) is 0 Å². The van der Waals surface area contributed by atoms with Crippen LogP contribution in [0, 0.1) is 27.2 Å². The lowest BCUT2D eigenvalue weighted by atomic mass is 9.96. The smallest absolute Gasteiger partial charge is 0.271 e. The number of anilines is 1. The summed E-state index contributed by atoms with van der Waals surface area (Å²) in [6.45, 7) is 2.04. The van der Waals surface area contributed by atoms with Gasteiger partial charge in [0.05, 0.1) is 21.6 Å². The third-order valence-corrected chi connectivity index (χ3v) is 6.08. The maximum atomic E-state index is 11.3.